The Morgan fingerprint density at radius 3 is 2.50 bits per heavy atom. The molecule has 0 N–H and O–H groups in total. The first-order valence-electron chi connectivity index (χ1n) is 10.3. The monoisotopic (exact) mass is 464 g/mol. The van der Waals surface area contributed by atoms with Crippen molar-refractivity contribution in [2.75, 3.05) is 4.90 Å². The maximum atomic E-state index is 12.4. The molecular weight excluding hydrogens is 440 g/mol. The van der Waals surface area contributed by atoms with Crippen LogP contribution in [0.3, 0.4) is 0 Å². The molecule has 1 amide bonds. The number of nitrogens with zero attached hydrogens (tertiary/aromatic N) is 6. The van der Waals surface area contributed by atoms with Gasteiger partial charge in [0.05, 0.1) is 17.1 Å². The second-order valence-electron chi connectivity index (χ2n) is 7.40. The number of benzene rings is 2. The standard InChI is InChI=1S/C23H24N6OS2/c1-5-18-9-11-20(12-10-18)28(17(4)30)22-24-19(13-31-22)14-32-23-25-26-27-29(23)21-15(2)7-6-8-16(21)3/h6-13H,5,14H2,1-4H3. The fourth-order valence-corrected chi connectivity index (χ4v) is 5.22. The summed E-state index contributed by atoms with van der Waals surface area (Å²) in [7, 11) is 0. The summed E-state index contributed by atoms with van der Waals surface area (Å²) in [5.41, 5.74) is 6.15. The van der Waals surface area contributed by atoms with Crippen LogP contribution in [0.15, 0.2) is 53.0 Å². The maximum Gasteiger partial charge on any atom is 0.230 e. The molecule has 0 saturated carbocycles. The lowest BCUT2D eigenvalue weighted by Crippen LogP contribution is -2.22. The van der Waals surface area contributed by atoms with E-state index < -0.39 is 0 Å². The summed E-state index contributed by atoms with van der Waals surface area (Å²) in [6.07, 6.45) is 0.959. The molecule has 0 unspecified atom stereocenters. The molecule has 32 heavy (non-hydrogen) atoms. The molecule has 2 aromatic heterocycles. The van der Waals surface area contributed by atoms with E-state index in [0.717, 1.165) is 34.6 Å². The number of amides is 1. The molecule has 0 bridgehead atoms. The first kappa shape index (κ1) is 22.2. The fourth-order valence-electron chi connectivity index (χ4n) is 3.46. The number of carbonyl (C=O) groups excluding carboxylic acids is 1. The molecule has 0 atom stereocenters. The van der Waals surface area contributed by atoms with Gasteiger partial charge in [0.15, 0.2) is 5.13 Å². The summed E-state index contributed by atoms with van der Waals surface area (Å²) < 4.78 is 1.78. The van der Waals surface area contributed by atoms with E-state index in [0.29, 0.717) is 16.0 Å². The normalized spacial score (nSPS) is 11.0. The Hall–Kier alpha value is -3.04. The predicted molar refractivity (Wildman–Crippen MR) is 129 cm³/mol. The van der Waals surface area contributed by atoms with E-state index in [4.69, 9.17) is 4.98 Å². The largest absolute Gasteiger partial charge is 0.274 e. The summed E-state index contributed by atoms with van der Waals surface area (Å²) in [6.45, 7) is 7.77. The van der Waals surface area contributed by atoms with Gasteiger partial charge in [0.25, 0.3) is 0 Å². The molecule has 0 radical (unpaired) electrons. The third-order valence-electron chi connectivity index (χ3n) is 5.09. The van der Waals surface area contributed by atoms with E-state index in [2.05, 4.69) is 48.4 Å². The molecular formula is C23H24N6OS2. The first-order chi connectivity index (χ1) is 15.5. The second-order valence-corrected chi connectivity index (χ2v) is 9.18. The fraction of sp³-hybridized carbons (Fsp3) is 0.261. The van der Waals surface area contributed by atoms with E-state index in [9.17, 15) is 4.79 Å². The maximum absolute atomic E-state index is 12.4. The van der Waals surface area contributed by atoms with E-state index in [-0.39, 0.29) is 5.91 Å². The van der Waals surface area contributed by atoms with Crippen LogP contribution < -0.4 is 4.90 Å². The topological polar surface area (TPSA) is 76.8 Å². The number of hydrogen-bond donors (Lipinski definition) is 0. The van der Waals surface area contributed by atoms with Crippen LogP contribution in [0, 0.1) is 13.8 Å². The molecule has 4 rings (SSSR count). The molecule has 0 aliphatic heterocycles. The van der Waals surface area contributed by atoms with Crippen LogP contribution in [0.4, 0.5) is 10.8 Å². The van der Waals surface area contributed by atoms with Gasteiger partial charge in [-0.25, -0.2) is 4.98 Å². The number of thiazole rings is 1. The van der Waals surface area contributed by atoms with E-state index >= 15 is 0 Å². The van der Waals surface area contributed by atoms with Crippen LogP contribution in [0.1, 0.15) is 36.2 Å². The molecule has 2 heterocycles. The smallest absolute Gasteiger partial charge is 0.230 e. The quantitative estimate of drug-likeness (QED) is 0.347. The summed E-state index contributed by atoms with van der Waals surface area (Å²) in [5, 5.41) is 15.6. The van der Waals surface area contributed by atoms with Crippen molar-refractivity contribution in [3.05, 3.63) is 70.2 Å². The number of anilines is 2. The van der Waals surface area contributed by atoms with Crippen molar-refractivity contribution < 1.29 is 4.79 Å². The van der Waals surface area contributed by atoms with E-state index in [1.54, 1.807) is 16.5 Å². The number of hydrogen-bond acceptors (Lipinski definition) is 7. The van der Waals surface area contributed by atoms with Crippen LogP contribution in [-0.4, -0.2) is 31.1 Å². The van der Waals surface area contributed by atoms with Crippen molar-refractivity contribution in [1.82, 2.24) is 25.2 Å². The van der Waals surface area contributed by atoms with Gasteiger partial charge in [-0.3, -0.25) is 9.69 Å². The molecule has 0 saturated heterocycles. The van der Waals surface area contributed by atoms with Gasteiger partial charge in [0.1, 0.15) is 0 Å². The van der Waals surface area contributed by atoms with Crippen molar-refractivity contribution in [2.45, 2.75) is 45.0 Å². The molecule has 0 fully saturated rings. The minimum Gasteiger partial charge on any atom is -0.274 e. The van der Waals surface area contributed by atoms with E-state index in [1.807, 2.05) is 35.7 Å². The molecule has 4 aromatic rings. The number of para-hydroxylation sites is 1. The van der Waals surface area contributed by atoms with Gasteiger partial charge in [0.2, 0.25) is 11.1 Å². The lowest BCUT2D eigenvalue weighted by Gasteiger charge is -2.18. The van der Waals surface area contributed by atoms with Gasteiger partial charge in [-0.05, 0) is 59.5 Å². The highest BCUT2D eigenvalue weighted by Crippen LogP contribution is 2.32. The third-order valence-corrected chi connectivity index (χ3v) is 6.92. The van der Waals surface area contributed by atoms with Crippen LogP contribution in [-0.2, 0) is 17.0 Å². The Morgan fingerprint density at radius 2 is 1.84 bits per heavy atom. The summed E-state index contributed by atoms with van der Waals surface area (Å²) in [4.78, 5) is 18.7. The van der Waals surface area contributed by atoms with Gasteiger partial charge >= 0.3 is 0 Å². The number of aromatic nitrogens is 5. The Balaban J connectivity index is 1.53. The van der Waals surface area contributed by atoms with Crippen LogP contribution in [0.2, 0.25) is 0 Å². The molecule has 7 nitrogen and oxygen atoms in total. The van der Waals surface area contributed by atoms with Crippen LogP contribution in [0.5, 0.6) is 0 Å². The first-order valence-corrected chi connectivity index (χ1v) is 12.2. The number of tetrazole rings is 1. The number of aryl methyl sites for hydroxylation is 3. The molecule has 0 spiro atoms. The SMILES string of the molecule is CCc1ccc(N(C(C)=O)c2nc(CSc3nnnn3-c3c(C)cccc3C)cs2)cc1. The van der Waals surface area contributed by atoms with Crippen molar-refractivity contribution in [3.63, 3.8) is 0 Å². The average molecular weight is 465 g/mol. The average Bonchev–Trinajstić information content (AvgIpc) is 3.42. The zero-order valence-corrected chi connectivity index (χ0v) is 20.1. The molecule has 9 heteroatoms. The zero-order chi connectivity index (χ0) is 22.7. The van der Waals surface area contributed by atoms with Crippen molar-refractivity contribution in [3.8, 4) is 5.69 Å². The summed E-state index contributed by atoms with van der Waals surface area (Å²) in [5.74, 6) is 0.532. The molecule has 164 valence electrons. The van der Waals surface area contributed by atoms with Gasteiger partial charge in [-0.15, -0.1) is 16.4 Å². The number of carbonyl (C=O) groups is 1. The van der Waals surface area contributed by atoms with Crippen molar-refractivity contribution >= 4 is 39.8 Å². The molecule has 2 aromatic carbocycles. The van der Waals surface area contributed by atoms with Gasteiger partial charge < -0.3 is 0 Å². The second kappa shape index (κ2) is 9.62. The van der Waals surface area contributed by atoms with E-state index in [1.165, 1.54) is 28.7 Å². The number of thioether (sulfide) groups is 1. The number of rotatable bonds is 7. The van der Waals surface area contributed by atoms with Crippen LogP contribution >= 0.6 is 23.1 Å². The Labute approximate surface area is 195 Å². The van der Waals surface area contributed by atoms with Crippen molar-refractivity contribution in [1.29, 1.82) is 0 Å². The molecule has 0 aliphatic rings. The van der Waals surface area contributed by atoms with Gasteiger partial charge in [-0.1, -0.05) is 49.0 Å². The Morgan fingerprint density at radius 1 is 1.12 bits per heavy atom. The lowest BCUT2D eigenvalue weighted by atomic mass is 10.1. The molecule has 0 aliphatic carbocycles. The Bertz CT molecular complexity index is 1210. The predicted octanol–water partition coefficient (Wildman–Crippen LogP) is 5.27. The third kappa shape index (κ3) is 4.58. The van der Waals surface area contributed by atoms with Gasteiger partial charge in [-0.2, -0.15) is 4.68 Å². The minimum absolute atomic E-state index is 0.0678. The van der Waals surface area contributed by atoms with Gasteiger partial charge in [0, 0.05) is 18.1 Å². The summed E-state index contributed by atoms with van der Waals surface area (Å²) in [6, 6.07) is 14.2. The highest BCUT2D eigenvalue weighted by atomic mass is 32.2. The summed E-state index contributed by atoms with van der Waals surface area (Å²) >= 11 is 2.98. The van der Waals surface area contributed by atoms with Crippen molar-refractivity contribution in [2.24, 2.45) is 0 Å². The lowest BCUT2D eigenvalue weighted by molar-refractivity contribution is -0.115. The highest BCUT2D eigenvalue weighted by Gasteiger charge is 2.19. The minimum atomic E-state index is -0.0678. The highest BCUT2D eigenvalue weighted by molar-refractivity contribution is 7.98. The zero-order valence-electron chi connectivity index (χ0n) is 18.4. The van der Waals surface area contributed by atoms with Crippen LogP contribution in [0.25, 0.3) is 5.69 Å². The Kier molecular flexibility index (Phi) is 6.66.